The van der Waals surface area contributed by atoms with Crippen molar-refractivity contribution < 1.29 is 9.32 Å². The number of nitrogens with zero attached hydrogens (tertiary/aromatic N) is 4. The van der Waals surface area contributed by atoms with Crippen LogP contribution in [0.3, 0.4) is 0 Å². The molecule has 3 rings (SSSR count). The molecular formula is C16H17N5O2S. The number of thioether (sulfide) groups is 1. The summed E-state index contributed by atoms with van der Waals surface area (Å²) in [6, 6.07) is 9.62. The normalized spacial score (nSPS) is 12.1. The lowest BCUT2D eigenvalue weighted by atomic mass is 10.2. The van der Waals surface area contributed by atoms with E-state index in [1.165, 1.54) is 11.8 Å². The number of carbonyl (C=O) groups is 1. The van der Waals surface area contributed by atoms with Gasteiger partial charge in [-0.2, -0.15) is 0 Å². The molecule has 0 aliphatic carbocycles. The fourth-order valence-corrected chi connectivity index (χ4v) is 3.00. The molecule has 7 nitrogen and oxygen atoms in total. The van der Waals surface area contributed by atoms with Gasteiger partial charge in [-0.15, -0.1) is 10.2 Å². The van der Waals surface area contributed by atoms with Crippen LogP contribution in [-0.4, -0.2) is 31.1 Å². The molecule has 0 aliphatic rings. The van der Waals surface area contributed by atoms with Gasteiger partial charge in [0.1, 0.15) is 12.1 Å². The summed E-state index contributed by atoms with van der Waals surface area (Å²) in [5, 5.41) is 14.9. The Morgan fingerprint density at radius 1 is 1.33 bits per heavy atom. The molecule has 0 saturated heterocycles. The second-order valence-corrected chi connectivity index (χ2v) is 6.65. The highest BCUT2D eigenvalue weighted by Gasteiger charge is 2.20. The van der Waals surface area contributed by atoms with E-state index in [0.717, 1.165) is 11.3 Å². The minimum atomic E-state index is -0.367. The average molecular weight is 343 g/mol. The highest BCUT2D eigenvalue weighted by atomic mass is 32.2. The number of aryl methyl sites for hydroxylation is 2. The van der Waals surface area contributed by atoms with Gasteiger partial charge >= 0.3 is 0 Å². The standard InChI is InChI=1S/C16H17N5O2S/c1-10-6-4-5-7-13(10)21-9-17-19-16(21)24-12(3)15(22)18-14-8-11(2)23-20-14/h4-9,12H,1-3H3,(H,18,20,22). The Morgan fingerprint density at radius 2 is 2.12 bits per heavy atom. The van der Waals surface area contributed by atoms with E-state index in [9.17, 15) is 4.79 Å². The van der Waals surface area contributed by atoms with Gasteiger partial charge in [0.25, 0.3) is 0 Å². The number of anilines is 1. The second kappa shape index (κ2) is 6.88. The molecule has 2 heterocycles. The number of nitrogens with one attached hydrogen (secondary N) is 1. The molecule has 0 aliphatic heterocycles. The lowest BCUT2D eigenvalue weighted by Crippen LogP contribution is -2.23. The van der Waals surface area contributed by atoms with Crippen LogP contribution in [0.2, 0.25) is 0 Å². The topological polar surface area (TPSA) is 85.8 Å². The number of amides is 1. The quantitative estimate of drug-likeness (QED) is 0.717. The lowest BCUT2D eigenvalue weighted by molar-refractivity contribution is -0.115. The zero-order valence-electron chi connectivity index (χ0n) is 13.6. The molecule has 2 aromatic heterocycles. The first kappa shape index (κ1) is 16.3. The summed E-state index contributed by atoms with van der Waals surface area (Å²) in [4.78, 5) is 12.3. The molecule has 1 unspecified atom stereocenters. The third kappa shape index (κ3) is 3.48. The van der Waals surface area contributed by atoms with E-state index >= 15 is 0 Å². The van der Waals surface area contributed by atoms with Crippen molar-refractivity contribution in [3.8, 4) is 5.69 Å². The highest BCUT2D eigenvalue weighted by Crippen LogP contribution is 2.25. The third-order valence-corrected chi connectivity index (χ3v) is 4.48. The smallest absolute Gasteiger partial charge is 0.238 e. The van der Waals surface area contributed by atoms with Crippen molar-refractivity contribution in [3.05, 3.63) is 48.0 Å². The maximum Gasteiger partial charge on any atom is 0.238 e. The van der Waals surface area contributed by atoms with Crippen molar-refractivity contribution in [3.63, 3.8) is 0 Å². The molecule has 3 aromatic rings. The maximum atomic E-state index is 12.3. The minimum Gasteiger partial charge on any atom is -0.360 e. The number of benzene rings is 1. The first-order valence-electron chi connectivity index (χ1n) is 7.41. The van der Waals surface area contributed by atoms with E-state index in [2.05, 4.69) is 20.7 Å². The highest BCUT2D eigenvalue weighted by molar-refractivity contribution is 8.00. The monoisotopic (exact) mass is 343 g/mol. The van der Waals surface area contributed by atoms with Crippen molar-refractivity contribution in [2.24, 2.45) is 0 Å². The molecule has 8 heteroatoms. The average Bonchev–Trinajstić information content (AvgIpc) is 3.17. The first-order chi connectivity index (χ1) is 11.5. The second-order valence-electron chi connectivity index (χ2n) is 5.34. The maximum absolute atomic E-state index is 12.3. The Morgan fingerprint density at radius 3 is 2.83 bits per heavy atom. The van der Waals surface area contributed by atoms with Crippen molar-refractivity contribution in [2.45, 2.75) is 31.2 Å². The van der Waals surface area contributed by atoms with Crippen molar-refractivity contribution in [1.29, 1.82) is 0 Å². The van der Waals surface area contributed by atoms with Gasteiger partial charge in [0.2, 0.25) is 5.91 Å². The number of carbonyl (C=O) groups excluding carboxylic acids is 1. The van der Waals surface area contributed by atoms with Gasteiger partial charge in [-0.05, 0) is 32.4 Å². The minimum absolute atomic E-state index is 0.173. The predicted octanol–water partition coefficient (Wildman–Crippen LogP) is 2.99. The Labute approximate surface area is 143 Å². The molecule has 1 N–H and O–H groups in total. The van der Waals surface area contributed by atoms with Crippen LogP contribution in [0.5, 0.6) is 0 Å². The summed E-state index contributed by atoms with van der Waals surface area (Å²) >= 11 is 1.33. The molecule has 0 saturated carbocycles. The summed E-state index contributed by atoms with van der Waals surface area (Å²) in [5.41, 5.74) is 2.10. The molecule has 0 fully saturated rings. The van der Waals surface area contributed by atoms with Gasteiger partial charge in [0.05, 0.1) is 10.9 Å². The summed E-state index contributed by atoms with van der Waals surface area (Å²) in [6.45, 7) is 5.60. The van der Waals surface area contributed by atoms with Crippen molar-refractivity contribution in [1.82, 2.24) is 19.9 Å². The van der Waals surface area contributed by atoms with E-state index in [0.29, 0.717) is 16.7 Å². The summed E-state index contributed by atoms with van der Waals surface area (Å²) < 4.78 is 6.82. The van der Waals surface area contributed by atoms with Crippen LogP contribution in [0.4, 0.5) is 5.82 Å². The Bertz CT molecular complexity index is 858. The largest absolute Gasteiger partial charge is 0.360 e. The van der Waals surface area contributed by atoms with Gasteiger partial charge in [0.15, 0.2) is 11.0 Å². The van der Waals surface area contributed by atoms with Crippen LogP contribution in [-0.2, 0) is 4.79 Å². The van der Waals surface area contributed by atoms with Gasteiger partial charge < -0.3 is 9.84 Å². The van der Waals surface area contributed by atoms with Crippen molar-refractivity contribution in [2.75, 3.05) is 5.32 Å². The third-order valence-electron chi connectivity index (χ3n) is 3.42. The molecule has 1 amide bonds. The van der Waals surface area contributed by atoms with Gasteiger partial charge in [-0.3, -0.25) is 9.36 Å². The SMILES string of the molecule is Cc1cc(NC(=O)C(C)Sc2nncn2-c2ccccc2C)no1. The lowest BCUT2D eigenvalue weighted by Gasteiger charge is -2.12. The molecule has 1 aromatic carbocycles. The van der Waals surface area contributed by atoms with Crippen LogP contribution in [0.1, 0.15) is 18.2 Å². The van der Waals surface area contributed by atoms with Crippen LogP contribution < -0.4 is 5.32 Å². The Hall–Kier alpha value is -2.61. The number of para-hydroxylation sites is 1. The number of aromatic nitrogens is 4. The molecule has 0 bridgehead atoms. The fourth-order valence-electron chi connectivity index (χ4n) is 2.17. The fraction of sp³-hybridized carbons (Fsp3) is 0.250. The van der Waals surface area contributed by atoms with Gasteiger partial charge in [0, 0.05) is 6.07 Å². The molecule has 0 radical (unpaired) electrons. The number of rotatable bonds is 5. The first-order valence-corrected chi connectivity index (χ1v) is 8.29. The van der Waals surface area contributed by atoms with E-state index in [1.807, 2.05) is 42.7 Å². The summed E-state index contributed by atoms with van der Waals surface area (Å²) in [6.07, 6.45) is 1.65. The number of hydrogen-bond donors (Lipinski definition) is 1. The van der Waals surface area contributed by atoms with E-state index in [-0.39, 0.29) is 11.2 Å². The molecular weight excluding hydrogens is 326 g/mol. The molecule has 24 heavy (non-hydrogen) atoms. The molecule has 1 atom stereocenters. The summed E-state index contributed by atoms with van der Waals surface area (Å²) in [5.74, 6) is 0.878. The van der Waals surface area contributed by atoms with Crippen LogP contribution >= 0.6 is 11.8 Å². The van der Waals surface area contributed by atoms with Crippen LogP contribution in [0, 0.1) is 13.8 Å². The Balaban J connectivity index is 1.73. The zero-order chi connectivity index (χ0) is 17.1. The summed E-state index contributed by atoms with van der Waals surface area (Å²) in [7, 11) is 0. The molecule has 124 valence electrons. The van der Waals surface area contributed by atoms with E-state index in [1.54, 1.807) is 19.3 Å². The zero-order valence-corrected chi connectivity index (χ0v) is 14.4. The van der Waals surface area contributed by atoms with Crippen LogP contribution in [0.25, 0.3) is 5.69 Å². The van der Waals surface area contributed by atoms with Crippen LogP contribution in [0.15, 0.2) is 46.3 Å². The predicted molar refractivity (Wildman–Crippen MR) is 91.3 cm³/mol. The Kier molecular flexibility index (Phi) is 4.66. The van der Waals surface area contributed by atoms with Crippen molar-refractivity contribution >= 4 is 23.5 Å². The van der Waals surface area contributed by atoms with E-state index in [4.69, 9.17) is 4.52 Å². The molecule has 0 spiro atoms. The van der Waals surface area contributed by atoms with E-state index < -0.39 is 0 Å². The van der Waals surface area contributed by atoms with Gasteiger partial charge in [-0.1, -0.05) is 35.1 Å². The van der Waals surface area contributed by atoms with Gasteiger partial charge in [-0.25, -0.2) is 0 Å². The number of hydrogen-bond acceptors (Lipinski definition) is 6.